The second-order valence-electron chi connectivity index (χ2n) is 10.9. The van der Waals surface area contributed by atoms with Crippen LogP contribution in [0.2, 0.25) is 0 Å². The second kappa shape index (κ2) is 9.64. The first-order chi connectivity index (χ1) is 16.8. The number of nitrogens with zero attached hydrogens (tertiary/aromatic N) is 5. The molecular weight excluding hydrogens is 438 g/mol. The van der Waals surface area contributed by atoms with Gasteiger partial charge in [-0.05, 0) is 51.3 Å². The van der Waals surface area contributed by atoms with E-state index in [1.54, 1.807) is 4.90 Å². The summed E-state index contributed by atoms with van der Waals surface area (Å²) in [6.07, 6.45) is 6.58. The average molecular weight is 478 g/mol. The van der Waals surface area contributed by atoms with Gasteiger partial charge in [0.1, 0.15) is 5.69 Å². The summed E-state index contributed by atoms with van der Waals surface area (Å²) in [7, 11) is 1.85. The van der Waals surface area contributed by atoms with E-state index in [9.17, 15) is 4.79 Å². The Morgan fingerprint density at radius 2 is 1.80 bits per heavy atom. The SMILES string of the molecule is CC(Nc1ncc2c(n1)N(C1CCCC1)CC(C)(C)C(=O)N2C)c1ccc(N2CCNCC2)cc1. The predicted octanol–water partition coefficient (Wildman–Crippen LogP) is 3.81. The second-order valence-corrected chi connectivity index (χ2v) is 10.9. The maximum atomic E-state index is 13.2. The fourth-order valence-electron chi connectivity index (χ4n) is 5.71. The first-order valence-electron chi connectivity index (χ1n) is 13.1. The van der Waals surface area contributed by atoms with Crippen molar-refractivity contribution in [3.8, 4) is 0 Å². The van der Waals surface area contributed by atoms with Crippen LogP contribution in [0.5, 0.6) is 0 Å². The monoisotopic (exact) mass is 477 g/mol. The quantitative estimate of drug-likeness (QED) is 0.678. The number of nitrogens with one attached hydrogen (secondary N) is 2. The van der Waals surface area contributed by atoms with Crippen LogP contribution in [0.3, 0.4) is 0 Å². The molecule has 0 spiro atoms. The highest BCUT2D eigenvalue weighted by atomic mass is 16.2. The molecule has 35 heavy (non-hydrogen) atoms. The Morgan fingerprint density at radius 3 is 2.49 bits per heavy atom. The third kappa shape index (κ3) is 4.81. The van der Waals surface area contributed by atoms with Crippen molar-refractivity contribution in [1.29, 1.82) is 0 Å². The van der Waals surface area contributed by atoms with E-state index < -0.39 is 5.41 Å². The molecule has 2 N–H and O–H groups in total. The Balaban J connectivity index is 1.38. The zero-order chi connectivity index (χ0) is 24.6. The summed E-state index contributed by atoms with van der Waals surface area (Å²) in [4.78, 5) is 29.4. The number of amides is 1. The van der Waals surface area contributed by atoms with Crippen molar-refractivity contribution in [2.24, 2.45) is 5.41 Å². The largest absolute Gasteiger partial charge is 0.369 e. The number of rotatable bonds is 5. The van der Waals surface area contributed by atoms with E-state index in [0.717, 1.165) is 50.5 Å². The molecule has 0 radical (unpaired) electrons. The number of anilines is 4. The number of hydrogen-bond donors (Lipinski definition) is 2. The van der Waals surface area contributed by atoms with Crippen molar-refractivity contribution in [2.75, 3.05) is 59.8 Å². The van der Waals surface area contributed by atoms with Gasteiger partial charge in [-0.3, -0.25) is 4.79 Å². The van der Waals surface area contributed by atoms with Gasteiger partial charge in [-0.25, -0.2) is 4.98 Å². The lowest BCUT2D eigenvalue weighted by molar-refractivity contribution is -0.125. The van der Waals surface area contributed by atoms with Gasteiger partial charge in [0, 0.05) is 51.5 Å². The molecule has 8 nitrogen and oxygen atoms in total. The van der Waals surface area contributed by atoms with Crippen LogP contribution in [0, 0.1) is 5.41 Å². The zero-order valence-electron chi connectivity index (χ0n) is 21.5. The van der Waals surface area contributed by atoms with E-state index in [2.05, 4.69) is 56.6 Å². The molecule has 1 saturated heterocycles. The van der Waals surface area contributed by atoms with Gasteiger partial charge in [0.25, 0.3) is 0 Å². The lowest BCUT2D eigenvalue weighted by Gasteiger charge is -2.34. The number of benzene rings is 1. The van der Waals surface area contributed by atoms with Gasteiger partial charge in [-0.1, -0.05) is 25.0 Å². The van der Waals surface area contributed by atoms with E-state index in [1.807, 2.05) is 27.1 Å². The van der Waals surface area contributed by atoms with Gasteiger partial charge in [0.2, 0.25) is 11.9 Å². The minimum atomic E-state index is -0.481. The fourth-order valence-corrected chi connectivity index (χ4v) is 5.71. The number of hydrogen-bond acceptors (Lipinski definition) is 7. The van der Waals surface area contributed by atoms with E-state index >= 15 is 0 Å². The molecule has 3 aliphatic rings. The summed E-state index contributed by atoms with van der Waals surface area (Å²) in [5.41, 5.74) is 2.78. The first kappa shape index (κ1) is 23.9. The van der Waals surface area contributed by atoms with Gasteiger partial charge in [0.15, 0.2) is 5.82 Å². The molecule has 1 aliphatic carbocycles. The molecule has 1 aromatic carbocycles. The molecule has 2 aromatic rings. The Labute approximate surface area is 209 Å². The van der Waals surface area contributed by atoms with Crippen LogP contribution in [0.15, 0.2) is 30.5 Å². The molecule has 1 saturated carbocycles. The van der Waals surface area contributed by atoms with Gasteiger partial charge in [0.05, 0.1) is 17.7 Å². The molecule has 8 heteroatoms. The zero-order valence-corrected chi connectivity index (χ0v) is 21.5. The minimum absolute atomic E-state index is 0.0617. The molecule has 188 valence electrons. The maximum absolute atomic E-state index is 13.2. The van der Waals surface area contributed by atoms with Crippen LogP contribution in [0.25, 0.3) is 0 Å². The molecule has 5 rings (SSSR count). The fraction of sp³-hybridized carbons (Fsp3) is 0.593. The molecule has 3 heterocycles. The van der Waals surface area contributed by atoms with E-state index in [0.29, 0.717) is 18.5 Å². The highest BCUT2D eigenvalue weighted by Gasteiger charge is 2.41. The molecule has 1 amide bonds. The van der Waals surface area contributed by atoms with Crippen molar-refractivity contribution in [3.05, 3.63) is 36.0 Å². The summed E-state index contributed by atoms with van der Waals surface area (Å²) >= 11 is 0. The lowest BCUT2D eigenvalue weighted by Crippen LogP contribution is -2.45. The van der Waals surface area contributed by atoms with E-state index in [-0.39, 0.29) is 11.9 Å². The molecule has 1 unspecified atom stereocenters. The lowest BCUT2D eigenvalue weighted by atomic mass is 9.91. The summed E-state index contributed by atoms with van der Waals surface area (Å²) in [6, 6.07) is 9.29. The third-order valence-electron chi connectivity index (χ3n) is 7.82. The smallest absolute Gasteiger partial charge is 0.234 e. The number of carbonyl (C=O) groups excluding carboxylic acids is 1. The highest BCUT2D eigenvalue weighted by Crippen LogP contribution is 2.40. The standard InChI is InChI=1S/C27H39N7O/c1-19(20-9-11-21(12-10-20)33-15-13-28-14-16-33)30-26-29-17-23-24(31-26)34(22-7-5-6-8-22)18-27(2,3)25(35)32(23)4/h9-12,17,19,22,28H,5-8,13-16,18H2,1-4H3,(H,29,30,31). The van der Waals surface area contributed by atoms with Gasteiger partial charge in [-0.2, -0.15) is 4.98 Å². The Morgan fingerprint density at radius 1 is 1.11 bits per heavy atom. The summed E-state index contributed by atoms with van der Waals surface area (Å²) < 4.78 is 0. The summed E-state index contributed by atoms with van der Waals surface area (Å²) in [5.74, 6) is 1.59. The van der Waals surface area contributed by atoms with Gasteiger partial charge < -0.3 is 25.3 Å². The van der Waals surface area contributed by atoms with Crippen LogP contribution in [-0.4, -0.2) is 61.7 Å². The maximum Gasteiger partial charge on any atom is 0.234 e. The van der Waals surface area contributed by atoms with Gasteiger partial charge in [-0.15, -0.1) is 0 Å². The Kier molecular flexibility index (Phi) is 6.57. The van der Waals surface area contributed by atoms with E-state index in [4.69, 9.17) is 4.98 Å². The first-order valence-corrected chi connectivity index (χ1v) is 13.1. The topological polar surface area (TPSA) is 76.6 Å². The van der Waals surface area contributed by atoms with E-state index in [1.165, 1.54) is 24.1 Å². The average Bonchev–Trinajstić information content (AvgIpc) is 3.40. The molecule has 2 fully saturated rings. The minimum Gasteiger partial charge on any atom is -0.369 e. The summed E-state index contributed by atoms with van der Waals surface area (Å²) in [6.45, 7) is 11.0. The molecule has 2 aliphatic heterocycles. The predicted molar refractivity (Wildman–Crippen MR) is 142 cm³/mol. The van der Waals surface area contributed by atoms with Crippen LogP contribution >= 0.6 is 0 Å². The molecule has 1 atom stereocenters. The Hall–Kier alpha value is -2.87. The van der Waals surface area contributed by atoms with Crippen molar-refractivity contribution < 1.29 is 4.79 Å². The van der Waals surface area contributed by atoms with Crippen LogP contribution in [0.1, 0.15) is 58.1 Å². The number of fused-ring (bicyclic) bond motifs is 1. The van der Waals surface area contributed by atoms with Crippen molar-refractivity contribution in [2.45, 2.75) is 58.5 Å². The van der Waals surface area contributed by atoms with Crippen LogP contribution in [-0.2, 0) is 4.79 Å². The van der Waals surface area contributed by atoms with Crippen LogP contribution < -0.4 is 25.3 Å². The van der Waals surface area contributed by atoms with Crippen molar-refractivity contribution in [1.82, 2.24) is 15.3 Å². The number of carbonyl (C=O) groups is 1. The Bertz CT molecular complexity index is 1040. The molecule has 0 bridgehead atoms. The van der Waals surface area contributed by atoms with Crippen molar-refractivity contribution in [3.63, 3.8) is 0 Å². The third-order valence-corrected chi connectivity index (χ3v) is 7.82. The summed E-state index contributed by atoms with van der Waals surface area (Å²) in [5, 5.41) is 6.92. The van der Waals surface area contributed by atoms with Crippen molar-refractivity contribution >= 4 is 29.0 Å². The number of aromatic nitrogens is 2. The van der Waals surface area contributed by atoms with Gasteiger partial charge >= 0.3 is 0 Å². The molecule has 1 aromatic heterocycles. The molecular formula is C27H39N7O. The highest BCUT2D eigenvalue weighted by molar-refractivity contribution is 6.00. The normalized spacial score (nSPS) is 21.6. The number of piperazine rings is 1. The van der Waals surface area contributed by atoms with Crippen LogP contribution in [0.4, 0.5) is 23.1 Å².